The average Bonchev–Trinajstić information content (AvgIpc) is 3.35. The van der Waals surface area contributed by atoms with Crippen LogP contribution < -0.4 is 5.32 Å². The molecule has 0 saturated heterocycles. The van der Waals surface area contributed by atoms with Crippen molar-refractivity contribution in [2.45, 2.75) is 20.4 Å². The largest absolute Gasteiger partial charge is 0.467 e. The van der Waals surface area contributed by atoms with Gasteiger partial charge in [-0.1, -0.05) is 0 Å². The molecule has 0 aliphatic rings. The molecule has 0 atom stereocenters. The first-order valence-electron chi connectivity index (χ1n) is 9.74. The molecule has 0 spiro atoms. The van der Waals surface area contributed by atoms with Crippen molar-refractivity contribution < 1.29 is 14.0 Å². The average molecular weight is 416 g/mol. The van der Waals surface area contributed by atoms with Crippen LogP contribution in [0.4, 0.5) is 5.69 Å². The first-order valence-corrected chi connectivity index (χ1v) is 9.74. The summed E-state index contributed by atoms with van der Waals surface area (Å²) in [5, 5.41) is 12.2. The maximum absolute atomic E-state index is 12.6. The van der Waals surface area contributed by atoms with E-state index in [1.807, 2.05) is 38.1 Å². The van der Waals surface area contributed by atoms with E-state index < -0.39 is 5.91 Å². The maximum atomic E-state index is 12.6. The van der Waals surface area contributed by atoms with Crippen LogP contribution in [-0.2, 0) is 11.3 Å². The molecule has 2 amide bonds. The second-order valence-electron chi connectivity index (χ2n) is 7.39. The number of aromatic nitrogens is 1. The quantitative estimate of drug-likeness (QED) is 0.486. The summed E-state index contributed by atoms with van der Waals surface area (Å²) in [4.78, 5) is 26.1. The minimum Gasteiger partial charge on any atom is -0.467 e. The van der Waals surface area contributed by atoms with Gasteiger partial charge < -0.3 is 19.2 Å². The van der Waals surface area contributed by atoms with E-state index in [4.69, 9.17) is 4.42 Å². The maximum Gasteiger partial charge on any atom is 0.266 e. The van der Waals surface area contributed by atoms with Crippen LogP contribution in [0.3, 0.4) is 0 Å². The number of amides is 2. The van der Waals surface area contributed by atoms with E-state index in [0.717, 1.165) is 22.7 Å². The predicted octanol–water partition coefficient (Wildman–Crippen LogP) is 3.99. The lowest BCUT2D eigenvalue weighted by atomic mass is 10.1. The Labute approximate surface area is 181 Å². The molecule has 1 N–H and O–H groups in total. The van der Waals surface area contributed by atoms with Crippen LogP contribution in [0.5, 0.6) is 0 Å². The molecule has 0 fully saturated rings. The van der Waals surface area contributed by atoms with Gasteiger partial charge in [-0.3, -0.25) is 9.59 Å². The Morgan fingerprint density at radius 2 is 1.90 bits per heavy atom. The van der Waals surface area contributed by atoms with Crippen LogP contribution in [0.2, 0.25) is 0 Å². The number of carbonyl (C=O) groups is 2. The molecule has 7 nitrogen and oxygen atoms in total. The van der Waals surface area contributed by atoms with Crippen LogP contribution >= 0.6 is 0 Å². The third-order valence-corrected chi connectivity index (χ3v) is 4.97. The van der Waals surface area contributed by atoms with Crippen molar-refractivity contribution in [3.8, 4) is 6.07 Å². The number of benzene rings is 1. The molecule has 158 valence electrons. The Bertz CT molecular complexity index is 1160. The Balaban J connectivity index is 1.78. The normalized spacial score (nSPS) is 11.1. The zero-order valence-electron chi connectivity index (χ0n) is 18.0. The summed E-state index contributed by atoms with van der Waals surface area (Å²) in [6, 6.07) is 14.2. The molecule has 2 aromatic heterocycles. The number of furan rings is 1. The smallest absolute Gasteiger partial charge is 0.266 e. The van der Waals surface area contributed by atoms with Crippen LogP contribution in [0.25, 0.3) is 6.08 Å². The highest BCUT2D eigenvalue weighted by Gasteiger charge is 2.14. The molecule has 0 aliphatic carbocycles. The molecule has 0 unspecified atom stereocenters. The van der Waals surface area contributed by atoms with Gasteiger partial charge in [0.05, 0.1) is 12.8 Å². The Hall–Kier alpha value is -4.05. The fourth-order valence-corrected chi connectivity index (χ4v) is 3.23. The molecular weight excluding hydrogens is 392 g/mol. The van der Waals surface area contributed by atoms with Gasteiger partial charge in [0.2, 0.25) is 0 Å². The van der Waals surface area contributed by atoms with E-state index in [2.05, 4.69) is 9.88 Å². The molecule has 0 aliphatic heterocycles. The number of aryl methyl sites for hydroxylation is 1. The van der Waals surface area contributed by atoms with E-state index in [1.54, 1.807) is 50.7 Å². The molecule has 0 radical (unpaired) electrons. The van der Waals surface area contributed by atoms with E-state index in [0.29, 0.717) is 17.8 Å². The zero-order chi connectivity index (χ0) is 22.5. The molecule has 0 bridgehead atoms. The van der Waals surface area contributed by atoms with Crippen molar-refractivity contribution in [1.82, 2.24) is 9.47 Å². The fourth-order valence-electron chi connectivity index (χ4n) is 3.23. The van der Waals surface area contributed by atoms with Crippen LogP contribution in [0.1, 0.15) is 33.1 Å². The number of anilines is 1. The molecular formula is C24H24N4O3. The van der Waals surface area contributed by atoms with E-state index >= 15 is 0 Å². The SMILES string of the molecule is Cc1cc(/C=C(\C#N)C(=O)Nc2ccc(C(=O)N(C)C)cc2)c(C)n1Cc1ccco1. The van der Waals surface area contributed by atoms with Gasteiger partial charge >= 0.3 is 0 Å². The van der Waals surface area contributed by atoms with Crippen molar-refractivity contribution in [1.29, 1.82) is 5.26 Å². The molecule has 1 aromatic carbocycles. The van der Waals surface area contributed by atoms with Gasteiger partial charge in [0.15, 0.2) is 0 Å². The topological polar surface area (TPSA) is 91.3 Å². The lowest BCUT2D eigenvalue weighted by Gasteiger charge is -2.11. The summed E-state index contributed by atoms with van der Waals surface area (Å²) < 4.78 is 7.49. The predicted molar refractivity (Wildman–Crippen MR) is 118 cm³/mol. The lowest BCUT2D eigenvalue weighted by Crippen LogP contribution is -2.21. The second kappa shape index (κ2) is 9.18. The molecule has 3 rings (SSSR count). The van der Waals surface area contributed by atoms with Gasteiger partial charge in [0, 0.05) is 36.7 Å². The fraction of sp³-hybridized carbons (Fsp3) is 0.208. The summed E-state index contributed by atoms with van der Waals surface area (Å²) in [7, 11) is 3.35. The molecule has 0 saturated carbocycles. The number of carbonyl (C=O) groups excluding carboxylic acids is 2. The molecule has 7 heteroatoms. The van der Waals surface area contributed by atoms with Crippen LogP contribution in [-0.4, -0.2) is 35.4 Å². The molecule has 3 aromatic rings. The number of nitrogens with zero attached hydrogens (tertiary/aromatic N) is 3. The summed E-state index contributed by atoms with van der Waals surface area (Å²) in [6.45, 7) is 4.48. The second-order valence-corrected chi connectivity index (χ2v) is 7.39. The van der Waals surface area contributed by atoms with Crippen molar-refractivity contribution in [2.75, 3.05) is 19.4 Å². The highest BCUT2D eigenvalue weighted by atomic mass is 16.3. The number of nitrogens with one attached hydrogen (secondary N) is 1. The highest BCUT2D eigenvalue weighted by molar-refractivity contribution is 6.10. The molecule has 31 heavy (non-hydrogen) atoms. The third kappa shape index (κ3) is 4.93. The molecule has 2 heterocycles. The van der Waals surface area contributed by atoms with Gasteiger partial charge in [-0.15, -0.1) is 0 Å². The van der Waals surface area contributed by atoms with E-state index in [1.165, 1.54) is 4.90 Å². The summed E-state index contributed by atoms with van der Waals surface area (Å²) >= 11 is 0. The van der Waals surface area contributed by atoms with Crippen molar-refractivity contribution in [3.63, 3.8) is 0 Å². The Morgan fingerprint density at radius 1 is 1.19 bits per heavy atom. The van der Waals surface area contributed by atoms with Gasteiger partial charge in [-0.25, -0.2) is 0 Å². The first kappa shape index (κ1) is 21.7. The minimum absolute atomic E-state index is 0.00769. The summed E-state index contributed by atoms with van der Waals surface area (Å²) in [5.74, 6) is 0.192. The number of rotatable bonds is 6. The number of hydrogen-bond donors (Lipinski definition) is 1. The van der Waals surface area contributed by atoms with Crippen molar-refractivity contribution in [2.24, 2.45) is 0 Å². The monoisotopic (exact) mass is 416 g/mol. The summed E-state index contributed by atoms with van der Waals surface area (Å²) in [6.07, 6.45) is 3.21. The van der Waals surface area contributed by atoms with Gasteiger partial charge in [0.25, 0.3) is 11.8 Å². The van der Waals surface area contributed by atoms with E-state index in [9.17, 15) is 14.9 Å². The van der Waals surface area contributed by atoms with Gasteiger partial charge in [-0.2, -0.15) is 5.26 Å². The first-order chi connectivity index (χ1) is 14.8. The Morgan fingerprint density at radius 3 is 2.48 bits per heavy atom. The van der Waals surface area contributed by atoms with Gasteiger partial charge in [0.1, 0.15) is 17.4 Å². The Kier molecular flexibility index (Phi) is 6.41. The van der Waals surface area contributed by atoms with Crippen LogP contribution in [0, 0.1) is 25.2 Å². The standard InChI is InChI=1S/C24H24N4O3/c1-16-12-19(17(2)28(16)15-22-6-5-11-31-22)13-20(14-25)23(29)26-21-9-7-18(8-10-21)24(30)27(3)4/h5-13H,15H2,1-4H3,(H,26,29)/b20-13+. The lowest BCUT2D eigenvalue weighted by molar-refractivity contribution is -0.112. The number of hydrogen-bond acceptors (Lipinski definition) is 4. The number of nitriles is 1. The van der Waals surface area contributed by atoms with Crippen molar-refractivity contribution >= 4 is 23.6 Å². The summed E-state index contributed by atoms with van der Waals surface area (Å²) in [5.41, 5.74) is 3.74. The van der Waals surface area contributed by atoms with Crippen molar-refractivity contribution in [3.05, 3.63) is 82.6 Å². The van der Waals surface area contributed by atoms with Crippen LogP contribution in [0.15, 0.2) is 58.7 Å². The third-order valence-electron chi connectivity index (χ3n) is 4.97. The minimum atomic E-state index is -0.509. The van der Waals surface area contributed by atoms with Gasteiger partial charge in [-0.05, 0) is 68.0 Å². The highest BCUT2D eigenvalue weighted by Crippen LogP contribution is 2.21. The zero-order valence-corrected chi connectivity index (χ0v) is 18.0. The van der Waals surface area contributed by atoms with E-state index in [-0.39, 0.29) is 11.5 Å².